The number of nitrogens with one attached hydrogen (secondary N) is 1. The first kappa shape index (κ1) is 18.3. The van der Waals surface area contributed by atoms with Crippen LogP contribution in [-0.2, 0) is 10.2 Å². The Morgan fingerprint density at radius 3 is 2.25 bits per heavy atom. The second kappa shape index (κ2) is 6.86. The molecule has 4 rings (SSSR count). The Hall–Kier alpha value is -3.02. The van der Waals surface area contributed by atoms with E-state index in [0.717, 1.165) is 41.3 Å². The standard InChI is InChI=1S/C22H23FN4O/c1-14(2)27-20(16-4-10-19(11-5-16)24-15(3)28)25-26-21(27)22(12-13-22)17-6-8-18(23)9-7-17/h4-11,14H,12-13H2,1-3H3,(H,24,28). The molecule has 0 spiro atoms. The monoisotopic (exact) mass is 378 g/mol. The van der Waals surface area contributed by atoms with E-state index >= 15 is 0 Å². The lowest BCUT2D eigenvalue weighted by molar-refractivity contribution is -0.114. The van der Waals surface area contributed by atoms with Crippen LogP contribution in [0.2, 0.25) is 0 Å². The van der Waals surface area contributed by atoms with Crippen molar-refractivity contribution in [2.24, 2.45) is 0 Å². The van der Waals surface area contributed by atoms with E-state index in [1.807, 2.05) is 36.4 Å². The van der Waals surface area contributed by atoms with Gasteiger partial charge in [0.1, 0.15) is 11.6 Å². The Kier molecular flexibility index (Phi) is 4.49. The van der Waals surface area contributed by atoms with Crippen molar-refractivity contribution in [3.8, 4) is 11.4 Å². The van der Waals surface area contributed by atoms with Gasteiger partial charge in [0.2, 0.25) is 5.91 Å². The maximum absolute atomic E-state index is 13.4. The molecule has 1 N–H and O–H groups in total. The summed E-state index contributed by atoms with van der Waals surface area (Å²) >= 11 is 0. The Morgan fingerprint density at radius 2 is 1.71 bits per heavy atom. The molecule has 1 aromatic heterocycles. The fourth-order valence-electron chi connectivity index (χ4n) is 3.74. The minimum atomic E-state index is -0.232. The van der Waals surface area contributed by atoms with Gasteiger partial charge in [-0.1, -0.05) is 12.1 Å². The van der Waals surface area contributed by atoms with Crippen molar-refractivity contribution >= 4 is 11.6 Å². The average molecular weight is 378 g/mol. The molecule has 0 saturated heterocycles. The first-order valence-electron chi connectivity index (χ1n) is 9.50. The molecule has 1 amide bonds. The number of benzene rings is 2. The molecule has 2 aromatic carbocycles. The molecule has 5 nitrogen and oxygen atoms in total. The summed E-state index contributed by atoms with van der Waals surface area (Å²) in [6.45, 7) is 5.71. The summed E-state index contributed by atoms with van der Waals surface area (Å²) in [5, 5.41) is 11.8. The van der Waals surface area contributed by atoms with Gasteiger partial charge in [-0.3, -0.25) is 4.79 Å². The average Bonchev–Trinajstić information content (AvgIpc) is 3.33. The highest BCUT2D eigenvalue weighted by atomic mass is 19.1. The largest absolute Gasteiger partial charge is 0.326 e. The number of amides is 1. The maximum Gasteiger partial charge on any atom is 0.221 e. The van der Waals surface area contributed by atoms with Gasteiger partial charge in [0.15, 0.2) is 5.82 Å². The van der Waals surface area contributed by atoms with Gasteiger partial charge in [-0.2, -0.15) is 0 Å². The Morgan fingerprint density at radius 1 is 1.07 bits per heavy atom. The molecule has 28 heavy (non-hydrogen) atoms. The molecule has 6 heteroatoms. The molecular formula is C22H23FN4O. The van der Waals surface area contributed by atoms with Crippen molar-refractivity contribution in [2.45, 2.75) is 45.1 Å². The minimum absolute atomic E-state index is 0.102. The summed E-state index contributed by atoms with van der Waals surface area (Å²) in [6, 6.07) is 14.5. The van der Waals surface area contributed by atoms with Crippen LogP contribution in [0, 0.1) is 5.82 Å². The van der Waals surface area contributed by atoms with Crippen LogP contribution < -0.4 is 5.32 Å². The van der Waals surface area contributed by atoms with E-state index < -0.39 is 0 Å². The number of anilines is 1. The summed E-state index contributed by atoms with van der Waals surface area (Å²) < 4.78 is 15.6. The van der Waals surface area contributed by atoms with E-state index in [4.69, 9.17) is 0 Å². The lowest BCUT2D eigenvalue weighted by Gasteiger charge is -2.20. The lowest BCUT2D eigenvalue weighted by atomic mass is 9.94. The molecule has 1 fully saturated rings. The molecular weight excluding hydrogens is 355 g/mol. The molecule has 1 heterocycles. The summed E-state index contributed by atoms with van der Waals surface area (Å²) in [6.07, 6.45) is 1.95. The number of hydrogen-bond acceptors (Lipinski definition) is 3. The van der Waals surface area contributed by atoms with Gasteiger partial charge in [-0.25, -0.2) is 4.39 Å². The van der Waals surface area contributed by atoms with Crippen molar-refractivity contribution in [3.05, 3.63) is 65.7 Å². The normalized spacial score (nSPS) is 14.9. The third-order valence-electron chi connectivity index (χ3n) is 5.25. The van der Waals surface area contributed by atoms with Crippen molar-refractivity contribution in [2.75, 3.05) is 5.32 Å². The second-order valence-corrected chi connectivity index (χ2v) is 7.66. The van der Waals surface area contributed by atoms with Gasteiger partial charge in [0, 0.05) is 24.2 Å². The predicted molar refractivity (Wildman–Crippen MR) is 107 cm³/mol. The lowest BCUT2D eigenvalue weighted by Crippen LogP contribution is -2.18. The summed E-state index contributed by atoms with van der Waals surface area (Å²) in [5.41, 5.74) is 2.57. The van der Waals surface area contributed by atoms with Crippen molar-refractivity contribution < 1.29 is 9.18 Å². The number of rotatable bonds is 5. The van der Waals surface area contributed by atoms with Crippen LogP contribution in [0.3, 0.4) is 0 Å². The van der Waals surface area contributed by atoms with E-state index in [-0.39, 0.29) is 23.2 Å². The van der Waals surface area contributed by atoms with Gasteiger partial charge < -0.3 is 9.88 Å². The van der Waals surface area contributed by atoms with E-state index in [1.54, 1.807) is 0 Å². The van der Waals surface area contributed by atoms with Crippen LogP contribution in [0.5, 0.6) is 0 Å². The number of hydrogen-bond donors (Lipinski definition) is 1. The fourth-order valence-corrected chi connectivity index (χ4v) is 3.74. The Balaban J connectivity index is 1.74. The Labute approximate surface area is 163 Å². The third-order valence-corrected chi connectivity index (χ3v) is 5.25. The van der Waals surface area contributed by atoms with Crippen molar-refractivity contribution in [1.29, 1.82) is 0 Å². The van der Waals surface area contributed by atoms with Gasteiger partial charge in [-0.15, -0.1) is 10.2 Å². The first-order valence-corrected chi connectivity index (χ1v) is 9.50. The quantitative estimate of drug-likeness (QED) is 0.700. The highest BCUT2D eigenvalue weighted by molar-refractivity contribution is 5.88. The first-order chi connectivity index (χ1) is 13.4. The topological polar surface area (TPSA) is 59.8 Å². The molecule has 0 atom stereocenters. The number of halogens is 1. The molecule has 0 aliphatic heterocycles. The minimum Gasteiger partial charge on any atom is -0.326 e. The fraction of sp³-hybridized carbons (Fsp3) is 0.318. The van der Waals surface area contributed by atoms with Crippen LogP contribution in [0.1, 0.15) is 51.0 Å². The van der Waals surface area contributed by atoms with Crippen LogP contribution in [0.4, 0.5) is 10.1 Å². The van der Waals surface area contributed by atoms with E-state index in [2.05, 4.69) is 33.9 Å². The van der Waals surface area contributed by atoms with Crippen LogP contribution in [0.15, 0.2) is 48.5 Å². The molecule has 0 bridgehead atoms. The number of aromatic nitrogens is 3. The van der Waals surface area contributed by atoms with E-state index in [1.165, 1.54) is 19.1 Å². The third kappa shape index (κ3) is 3.19. The number of carbonyl (C=O) groups is 1. The molecule has 3 aromatic rings. The molecule has 1 saturated carbocycles. The smallest absolute Gasteiger partial charge is 0.221 e. The number of carbonyl (C=O) groups excluding carboxylic acids is 1. The molecule has 144 valence electrons. The van der Waals surface area contributed by atoms with Crippen LogP contribution in [0.25, 0.3) is 11.4 Å². The molecule has 1 aliphatic carbocycles. The Bertz CT molecular complexity index is 1000. The molecule has 0 radical (unpaired) electrons. The number of nitrogens with zero attached hydrogens (tertiary/aromatic N) is 3. The van der Waals surface area contributed by atoms with Gasteiger partial charge in [0.05, 0.1) is 5.41 Å². The van der Waals surface area contributed by atoms with Crippen LogP contribution in [-0.4, -0.2) is 20.7 Å². The zero-order valence-electron chi connectivity index (χ0n) is 16.2. The predicted octanol–water partition coefficient (Wildman–Crippen LogP) is 4.70. The summed E-state index contributed by atoms with van der Waals surface area (Å²) in [7, 11) is 0. The van der Waals surface area contributed by atoms with Gasteiger partial charge in [0.25, 0.3) is 0 Å². The van der Waals surface area contributed by atoms with E-state index in [0.29, 0.717) is 0 Å². The highest BCUT2D eigenvalue weighted by Gasteiger charge is 2.50. The van der Waals surface area contributed by atoms with Gasteiger partial charge >= 0.3 is 0 Å². The zero-order chi connectivity index (χ0) is 19.9. The summed E-state index contributed by atoms with van der Waals surface area (Å²) in [5.74, 6) is 1.39. The second-order valence-electron chi connectivity index (χ2n) is 7.66. The van der Waals surface area contributed by atoms with Gasteiger partial charge in [-0.05, 0) is 68.7 Å². The van der Waals surface area contributed by atoms with E-state index in [9.17, 15) is 9.18 Å². The van der Waals surface area contributed by atoms with Crippen molar-refractivity contribution in [1.82, 2.24) is 14.8 Å². The molecule has 1 aliphatic rings. The zero-order valence-corrected chi connectivity index (χ0v) is 16.2. The summed E-state index contributed by atoms with van der Waals surface area (Å²) in [4.78, 5) is 11.2. The molecule has 0 unspecified atom stereocenters. The maximum atomic E-state index is 13.4. The highest BCUT2D eigenvalue weighted by Crippen LogP contribution is 2.53. The SMILES string of the molecule is CC(=O)Nc1ccc(-c2nnc(C3(c4ccc(F)cc4)CC3)n2C(C)C)cc1. The van der Waals surface area contributed by atoms with Crippen LogP contribution >= 0.6 is 0 Å². The van der Waals surface area contributed by atoms with Crippen molar-refractivity contribution in [3.63, 3.8) is 0 Å².